The summed E-state index contributed by atoms with van der Waals surface area (Å²) in [5.74, 6) is 3.57. The van der Waals surface area contributed by atoms with Crippen LogP contribution in [0.4, 0.5) is 4.79 Å². The molecule has 0 bridgehead atoms. The van der Waals surface area contributed by atoms with Gasteiger partial charge in [-0.3, -0.25) is 0 Å². The Bertz CT molecular complexity index is 518. The number of nitrogens with one attached hydrogen (secondary N) is 1. The second-order valence-corrected chi connectivity index (χ2v) is 6.40. The van der Waals surface area contributed by atoms with Crippen molar-refractivity contribution < 1.29 is 14.3 Å². The molecule has 21 heavy (non-hydrogen) atoms. The van der Waals surface area contributed by atoms with Crippen LogP contribution in [0.2, 0.25) is 0 Å². The number of rotatable bonds is 2. The van der Waals surface area contributed by atoms with E-state index in [2.05, 4.69) is 5.32 Å². The van der Waals surface area contributed by atoms with Gasteiger partial charge in [-0.05, 0) is 24.6 Å². The minimum absolute atomic E-state index is 0.0117. The van der Waals surface area contributed by atoms with E-state index in [4.69, 9.17) is 9.47 Å². The van der Waals surface area contributed by atoms with Crippen LogP contribution in [0.15, 0.2) is 18.2 Å². The Balaban J connectivity index is 1.64. The van der Waals surface area contributed by atoms with E-state index in [-0.39, 0.29) is 12.1 Å². The van der Waals surface area contributed by atoms with Crippen LogP contribution in [0.5, 0.6) is 11.5 Å². The van der Waals surface area contributed by atoms with Gasteiger partial charge >= 0.3 is 6.03 Å². The fourth-order valence-electron chi connectivity index (χ4n) is 2.46. The molecule has 0 aliphatic carbocycles. The monoisotopic (exact) mass is 308 g/mol. The van der Waals surface area contributed by atoms with Gasteiger partial charge in [-0.15, -0.1) is 0 Å². The fourth-order valence-corrected chi connectivity index (χ4v) is 3.36. The third-order valence-corrected chi connectivity index (χ3v) is 4.65. The Kier molecular flexibility index (Phi) is 4.43. The lowest BCUT2D eigenvalue weighted by atomic mass is 10.1. The van der Waals surface area contributed by atoms with E-state index in [9.17, 15) is 4.79 Å². The van der Waals surface area contributed by atoms with Crippen LogP contribution in [-0.2, 0) is 0 Å². The maximum Gasteiger partial charge on any atom is 0.317 e. The summed E-state index contributed by atoms with van der Waals surface area (Å²) >= 11 is 1.89. The lowest BCUT2D eigenvalue weighted by Gasteiger charge is -2.28. The van der Waals surface area contributed by atoms with E-state index < -0.39 is 0 Å². The molecule has 1 saturated heterocycles. The van der Waals surface area contributed by atoms with Crippen molar-refractivity contribution in [1.29, 1.82) is 0 Å². The molecule has 0 saturated carbocycles. The number of fused-ring (bicyclic) bond motifs is 1. The molecule has 114 valence electrons. The third-order valence-electron chi connectivity index (χ3n) is 3.70. The zero-order chi connectivity index (χ0) is 14.7. The Morgan fingerprint density at radius 1 is 1.24 bits per heavy atom. The largest absolute Gasteiger partial charge is 0.486 e. The molecule has 0 unspecified atom stereocenters. The average molecular weight is 308 g/mol. The molecule has 0 radical (unpaired) electrons. The zero-order valence-electron chi connectivity index (χ0n) is 12.1. The average Bonchev–Trinajstić information content (AvgIpc) is 2.55. The lowest BCUT2D eigenvalue weighted by molar-refractivity contribution is 0.171. The van der Waals surface area contributed by atoms with Gasteiger partial charge in [0.1, 0.15) is 13.2 Å². The van der Waals surface area contributed by atoms with E-state index in [0.29, 0.717) is 13.2 Å². The Hall–Kier alpha value is -1.56. The van der Waals surface area contributed by atoms with E-state index in [1.807, 2.05) is 41.8 Å². The highest BCUT2D eigenvalue weighted by Crippen LogP contribution is 2.32. The van der Waals surface area contributed by atoms with Gasteiger partial charge in [0.15, 0.2) is 11.5 Å². The molecule has 3 rings (SSSR count). The first-order chi connectivity index (χ1) is 10.2. The SMILES string of the molecule is C[C@H](NC(=O)N1CCSCC1)c1ccc2c(c1)OCCO2. The van der Waals surface area contributed by atoms with Crippen molar-refractivity contribution >= 4 is 17.8 Å². The molecule has 2 amide bonds. The van der Waals surface area contributed by atoms with Crippen LogP contribution in [0.3, 0.4) is 0 Å². The summed E-state index contributed by atoms with van der Waals surface area (Å²) in [7, 11) is 0. The Morgan fingerprint density at radius 3 is 2.71 bits per heavy atom. The fraction of sp³-hybridized carbons (Fsp3) is 0.533. The number of thioether (sulfide) groups is 1. The minimum Gasteiger partial charge on any atom is -0.486 e. The number of ether oxygens (including phenoxy) is 2. The summed E-state index contributed by atoms with van der Waals surface area (Å²) in [4.78, 5) is 14.1. The van der Waals surface area contributed by atoms with Gasteiger partial charge in [0.25, 0.3) is 0 Å². The summed E-state index contributed by atoms with van der Waals surface area (Å²) in [6, 6.07) is 5.79. The van der Waals surface area contributed by atoms with E-state index in [1.165, 1.54) is 0 Å². The highest BCUT2D eigenvalue weighted by molar-refractivity contribution is 7.99. The Labute approximate surface area is 129 Å². The number of hydrogen-bond donors (Lipinski definition) is 1. The molecule has 1 atom stereocenters. The normalized spacial score (nSPS) is 19.0. The van der Waals surface area contributed by atoms with Gasteiger partial charge in [0.2, 0.25) is 0 Å². The van der Waals surface area contributed by atoms with Crippen molar-refractivity contribution in [3.05, 3.63) is 23.8 Å². The van der Waals surface area contributed by atoms with Crippen molar-refractivity contribution in [2.45, 2.75) is 13.0 Å². The summed E-state index contributed by atoms with van der Waals surface area (Å²) in [5.41, 5.74) is 1.03. The first-order valence-corrected chi connectivity index (χ1v) is 8.42. The van der Waals surface area contributed by atoms with Gasteiger partial charge in [0.05, 0.1) is 6.04 Å². The molecular weight excluding hydrogens is 288 g/mol. The minimum atomic E-state index is -0.0529. The molecule has 1 aromatic carbocycles. The zero-order valence-corrected chi connectivity index (χ0v) is 12.9. The second kappa shape index (κ2) is 6.47. The molecular formula is C15H20N2O3S. The van der Waals surface area contributed by atoms with Crippen LogP contribution in [-0.4, -0.2) is 48.7 Å². The number of urea groups is 1. The molecule has 5 nitrogen and oxygen atoms in total. The molecule has 1 fully saturated rings. The van der Waals surface area contributed by atoms with Crippen molar-refractivity contribution in [1.82, 2.24) is 10.2 Å². The van der Waals surface area contributed by atoms with Crippen LogP contribution in [0.25, 0.3) is 0 Å². The first-order valence-electron chi connectivity index (χ1n) is 7.27. The second-order valence-electron chi connectivity index (χ2n) is 5.17. The number of nitrogens with zero attached hydrogens (tertiary/aromatic N) is 1. The van der Waals surface area contributed by atoms with Crippen molar-refractivity contribution in [3.63, 3.8) is 0 Å². The number of benzene rings is 1. The topological polar surface area (TPSA) is 50.8 Å². The van der Waals surface area contributed by atoms with Crippen molar-refractivity contribution in [3.8, 4) is 11.5 Å². The lowest BCUT2D eigenvalue weighted by Crippen LogP contribution is -2.45. The number of carbonyl (C=O) groups excluding carboxylic acids is 1. The molecule has 0 spiro atoms. The van der Waals surface area contributed by atoms with Gasteiger partial charge in [-0.2, -0.15) is 11.8 Å². The van der Waals surface area contributed by atoms with Crippen molar-refractivity contribution in [2.24, 2.45) is 0 Å². The summed E-state index contributed by atoms with van der Waals surface area (Å²) in [5, 5.41) is 3.05. The molecule has 2 aliphatic heterocycles. The van der Waals surface area contributed by atoms with E-state index >= 15 is 0 Å². The molecule has 0 aromatic heterocycles. The molecule has 2 aliphatic rings. The number of carbonyl (C=O) groups is 1. The molecule has 1 aromatic rings. The summed E-state index contributed by atoms with van der Waals surface area (Å²) in [6.45, 7) is 4.80. The maximum atomic E-state index is 12.2. The molecule has 6 heteroatoms. The van der Waals surface area contributed by atoms with E-state index in [1.54, 1.807) is 0 Å². The maximum absolute atomic E-state index is 12.2. The standard InChI is InChI=1S/C15H20N2O3S/c1-11(16-15(18)17-4-8-21-9-5-17)12-2-3-13-14(10-12)20-7-6-19-13/h2-3,10-11H,4-9H2,1H3,(H,16,18)/t11-/m0/s1. The van der Waals surface area contributed by atoms with Crippen LogP contribution in [0.1, 0.15) is 18.5 Å². The summed E-state index contributed by atoms with van der Waals surface area (Å²) in [6.07, 6.45) is 0. The van der Waals surface area contributed by atoms with Crippen molar-refractivity contribution in [2.75, 3.05) is 37.8 Å². The summed E-state index contributed by atoms with van der Waals surface area (Å²) < 4.78 is 11.1. The highest BCUT2D eigenvalue weighted by Gasteiger charge is 2.20. The van der Waals surface area contributed by atoms with E-state index in [0.717, 1.165) is 41.7 Å². The van der Waals surface area contributed by atoms with Gasteiger partial charge in [0, 0.05) is 24.6 Å². The van der Waals surface area contributed by atoms with Gasteiger partial charge in [-0.25, -0.2) is 4.79 Å². The van der Waals surface area contributed by atoms with Crippen LogP contribution < -0.4 is 14.8 Å². The molecule has 1 N–H and O–H groups in total. The molecule has 2 heterocycles. The predicted molar refractivity (Wildman–Crippen MR) is 83.3 cm³/mol. The van der Waals surface area contributed by atoms with Gasteiger partial charge < -0.3 is 19.7 Å². The van der Waals surface area contributed by atoms with Gasteiger partial charge in [-0.1, -0.05) is 6.07 Å². The van der Waals surface area contributed by atoms with Crippen LogP contribution in [0, 0.1) is 0 Å². The number of amides is 2. The third kappa shape index (κ3) is 3.37. The highest BCUT2D eigenvalue weighted by atomic mass is 32.2. The predicted octanol–water partition coefficient (Wildman–Crippen LogP) is 2.28. The number of hydrogen-bond acceptors (Lipinski definition) is 4. The Morgan fingerprint density at radius 2 is 1.95 bits per heavy atom. The quantitative estimate of drug-likeness (QED) is 0.910. The van der Waals surface area contributed by atoms with Crippen LogP contribution >= 0.6 is 11.8 Å². The first kappa shape index (κ1) is 14.4. The smallest absolute Gasteiger partial charge is 0.317 e.